The van der Waals surface area contributed by atoms with Gasteiger partial charge >= 0.3 is 5.97 Å². The summed E-state index contributed by atoms with van der Waals surface area (Å²) in [6, 6.07) is 2.66. The monoisotopic (exact) mass is 464 g/mol. The van der Waals surface area contributed by atoms with E-state index in [0.29, 0.717) is 29.7 Å². The molecule has 1 aliphatic heterocycles. The number of nitrogens with one attached hydrogen (secondary N) is 1. The van der Waals surface area contributed by atoms with Gasteiger partial charge in [0.2, 0.25) is 11.3 Å². The van der Waals surface area contributed by atoms with E-state index >= 15 is 0 Å². The first-order chi connectivity index (χ1) is 14.3. The average Bonchev–Trinajstić information content (AvgIpc) is 3.40. The smallest absolute Gasteiger partial charge is 0.341 e. The molecule has 3 aromatic rings. The van der Waals surface area contributed by atoms with Gasteiger partial charge in [0.15, 0.2) is 10.8 Å². The Hall–Kier alpha value is -3.02. The van der Waals surface area contributed by atoms with Crippen LogP contribution in [0.2, 0.25) is 0 Å². The van der Waals surface area contributed by atoms with Crippen LogP contribution >= 0.6 is 23.7 Å². The van der Waals surface area contributed by atoms with Crippen molar-refractivity contribution in [3.05, 3.63) is 45.7 Å². The van der Waals surface area contributed by atoms with E-state index in [1.807, 2.05) is 4.90 Å². The van der Waals surface area contributed by atoms with E-state index in [4.69, 9.17) is 5.73 Å². The molecular weight excluding hydrogens is 444 g/mol. The summed E-state index contributed by atoms with van der Waals surface area (Å²) >= 11 is 1.31. The zero-order chi connectivity index (χ0) is 21.4. The van der Waals surface area contributed by atoms with E-state index in [0.717, 1.165) is 6.42 Å². The van der Waals surface area contributed by atoms with Gasteiger partial charge in [-0.1, -0.05) is 0 Å². The number of aromatic nitrogens is 3. The molecule has 0 spiro atoms. The van der Waals surface area contributed by atoms with Gasteiger partial charge in [0.25, 0.3) is 0 Å². The minimum atomic E-state index is -1.30. The summed E-state index contributed by atoms with van der Waals surface area (Å²) in [6.07, 6.45) is 3.61. The summed E-state index contributed by atoms with van der Waals surface area (Å²) in [4.78, 5) is 46.9. The normalized spacial score (nSPS) is 16.7. The number of aromatic carboxylic acids is 1. The maximum Gasteiger partial charge on any atom is 0.341 e. The largest absolute Gasteiger partial charge is 0.477 e. The molecule has 0 bridgehead atoms. The van der Waals surface area contributed by atoms with Gasteiger partial charge in [-0.25, -0.2) is 14.8 Å². The van der Waals surface area contributed by atoms with Crippen molar-refractivity contribution < 1.29 is 14.7 Å². The number of hydrogen-bond donors (Lipinski definition) is 3. The minimum Gasteiger partial charge on any atom is -0.477 e. The number of hydrogen-bond acceptors (Lipinski definition) is 8. The zero-order valence-corrected chi connectivity index (χ0v) is 18.2. The number of carbonyl (C=O) groups excluding carboxylic acids is 1. The highest BCUT2D eigenvalue weighted by molar-refractivity contribution is 7.12. The quantitative estimate of drug-likeness (QED) is 0.507. The number of halogens is 1. The number of fused-ring (bicyclic) bond motifs is 1. The first kappa shape index (κ1) is 22.7. The molecule has 0 radical (unpaired) electrons. The minimum absolute atomic E-state index is 0. The van der Waals surface area contributed by atoms with Crippen LogP contribution in [-0.4, -0.2) is 56.7 Å². The first-order valence-electron chi connectivity index (χ1n) is 9.35. The predicted octanol–water partition coefficient (Wildman–Crippen LogP) is 1.00. The van der Waals surface area contributed by atoms with Gasteiger partial charge in [0.05, 0.1) is 11.4 Å². The summed E-state index contributed by atoms with van der Waals surface area (Å²) in [5.41, 5.74) is 5.02. The highest BCUT2D eigenvalue weighted by atomic mass is 35.5. The zero-order valence-electron chi connectivity index (χ0n) is 16.5. The molecule has 1 fully saturated rings. The third kappa shape index (κ3) is 4.38. The van der Waals surface area contributed by atoms with E-state index in [2.05, 4.69) is 15.3 Å². The van der Waals surface area contributed by atoms with E-state index in [1.165, 1.54) is 22.1 Å². The van der Waals surface area contributed by atoms with Crippen LogP contribution < -0.4 is 21.4 Å². The van der Waals surface area contributed by atoms with Gasteiger partial charge in [0, 0.05) is 36.9 Å². The number of rotatable bonds is 5. The number of carboxylic acids is 1. The molecule has 12 heteroatoms. The fourth-order valence-electron chi connectivity index (χ4n) is 3.42. The summed E-state index contributed by atoms with van der Waals surface area (Å²) in [5.74, 6) is -0.872. The molecule has 2 atom stereocenters. The number of nitrogens with zero attached hydrogens (tertiary/aromatic N) is 4. The molecule has 4 N–H and O–H groups in total. The summed E-state index contributed by atoms with van der Waals surface area (Å²) in [6.45, 7) is 2.87. The standard InChI is InChI=1S/C19H20N6O4S.ClH/c1-10(20)17(27)22-11-4-6-24(8-11)14-3-2-12-15(26)13(18(28)29)9-25(16(12)23-14)19-21-5-7-30-19;/h2-3,5,7,9-11H,4,6,8,20H2,1H3,(H,22,27)(H,28,29);1H/t10-,11?;/m0./s1. The molecule has 31 heavy (non-hydrogen) atoms. The molecule has 1 amide bonds. The van der Waals surface area contributed by atoms with Crippen molar-refractivity contribution in [2.24, 2.45) is 5.73 Å². The van der Waals surface area contributed by atoms with Gasteiger partial charge in [-0.2, -0.15) is 0 Å². The number of nitrogens with two attached hydrogens (primary N) is 1. The van der Waals surface area contributed by atoms with Gasteiger partial charge in [-0.15, -0.1) is 23.7 Å². The van der Waals surface area contributed by atoms with Crippen molar-refractivity contribution in [2.45, 2.75) is 25.4 Å². The Bertz CT molecular complexity index is 1180. The number of carbonyl (C=O) groups is 2. The molecule has 3 aromatic heterocycles. The summed E-state index contributed by atoms with van der Waals surface area (Å²) in [5, 5.41) is 14.8. The fraction of sp³-hybridized carbons (Fsp3) is 0.316. The van der Waals surface area contributed by atoms with Crippen LogP contribution in [-0.2, 0) is 4.79 Å². The van der Waals surface area contributed by atoms with Crippen molar-refractivity contribution in [3.8, 4) is 5.13 Å². The Kier molecular flexibility index (Phi) is 6.58. The number of pyridine rings is 2. The highest BCUT2D eigenvalue weighted by Crippen LogP contribution is 2.23. The second-order valence-corrected chi connectivity index (χ2v) is 8.00. The van der Waals surface area contributed by atoms with Crippen molar-refractivity contribution in [2.75, 3.05) is 18.0 Å². The van der Waals surface area contributed by atoms with E-state index in [-0.39, 0.29) is 35.3 Å². The molecule has 1 unspecified atom stereocenters. The van der Waals surface area contributed by atoms with Crippen LogP contribution in [0, 0.1) is 0 Å². The third-order valence-corrected chi connectivity index (χ3v) is 5.73. The molecule has 0 saturated carbocycles. The third-order valence-electron chi connectivity index (χ3n) is 4.96. The Morgan fingerprint density at radius 1 is 1.39 bits per heavy atom. The summed E-state index contributed by atoms with van der Waals surface area (Å²) in [7, 11) is 0. The molecule has 0 aliphatic carbocycles. The van der Waals surface area contributed by atoms with Crippen molar-refractivity contribution in [3.63, 3.8) is 0 Å². The van der Waals surface area contributed by atoms with E-state index in [1.54, 1.807) is 30.6 Å². The van der Waals surface area contributed by atoms with Crippen molar-refractivity contribution >= 4 is 52.5 Å². The van der Waals surface area contributed by atoms with Crippen LogP contribution in [0.1, 0.15) is 23.7 Å². The summed E-state index contributed by atoms with van der Waals surface area (Å²) < 4.78 is 1.53. The number of amides is 1. The van der Waals surface area contributed by atoms with Crippen LogP contribution in [0.15, 0.2) is 34.7 Å². The number of thiazole rings is 1. The predicted molar refractivity (Wildman–Crippen MR) is 120 cm³/mol. The SMILES string of the molecule is C[C@H](N)C(=O)NC1CCN(c2ccc3c(=O)c(C(=O)O)cn(-c4nccs4)c3n2)C1.Cl. The van der Waals surface area contributed by atoms with Crippen molar-refractivity contribution in [1.29, 1.82) is 0 Å². The van der Waals surface area contributed by atoms with Crippen molar-refractivity contribution in [1.82, 2.24) is 19.9 Å². The molecule has 1 aliphatic rings. The number of carboxylic acid groups (broad SMARTS) is 1. The van der Waals surface area contributed by atoms with Crippen LogP contribution in [0.25, 0.3) is 16.2 Å². The highest BCUT2D eigenvalue weighted by Gasteiger charge is 2.26. The maximum absolute atomic E-state index is 12.6. The topological polar surface area (TPSA) is 143 Å². The maximum atomic E-state index is 12.6. The van der Waals surface area contributed by atoms with Crippen LogP contribution in [0.3, 0.4) is 0 Å². The molecule has 10 nitrogen and oxygen atoms in total. The number of anilines is 1. The van der Waals surface area contributed by atoms with E-state index in [9.17, 15) is 19.5 Å². The lowest BCUT2D eigenvalue weighted by molar-refractivity contribution is -0.122. The fourth-order valence-corrected chi connectivity index (χ4v) is 4.04. The molecule has 4 rings (SSSR count). The van der Waals surface area contributed by atoms with Gasteiger partial charge in [0.1, 0.15) is 11.4 Å². The Balaban J connectivity index is 0.00000272. The molecule has 4 heterocycles. The van der Waals surface area contributed by atoms with E-state index < -0.39 is 17.4 Å². The van der Waals surface area contributed by atoms with Crippen LogP contribution in [0.4, 0.5) is 5.82 Å². The molecule has 0 aromatic carbocycles. The second kappa shape index (κ2) is 9.00. The van der Waals surface area contributed by atoms with Crippen LogP contribution in [0.5, 0.6) is 0 Å². The Morgan fingerprint density at radius 3 is 2.81 bits per heavy atom. The molecular formula is C19H21ClN6O4S. The lowest BCUT2D eigenvalue weighted by Gasteiger charge is -2.19. The lowest BCUT2D eigenvalue weighted by Crippen LogP contribution is -2.45. The Morgan fingerprint density at radius 2 is 2.16 bits per heavy atom. The molecule has 1 saturated heterocycles. The second-order valence-electron chi connectivity index (χ2n) is 7.13. The Labute approximate surface area is 187 Å². The lowest BCUT2D eigenvalue weighted by atomic mass is 10.2. The first-order valence-corrected chi connectivity index (χ1v) is 10.2. The average molecular weight is 465 g/mol. The molecule has 164 valence electrons. The van der Waals surface area contributed by atoms with Gasteiger partial charge in [-0.3, -0.25) is 14.2 Å². The van der Waals surface area contributed by atoms with Gasteiger partial charge in [-0.05, 0) is 25.5 Å². The van der Waals surface area contributed by atoms with Gasteiger partial charge < -0.3 is 21.1 Å².